The summed E-state index contributed by atoms with van der Waals surface area (Å²) < 4.78 is 0. The molecule has 88 valence electrons. The Morgan fingerprint density at radius 1 is 1.44 bits per heavy atom. The molecule has 1 rings (SSSR count). The van der Waals surface area contributed by atoms with Crippen molar-refractivity contribution in [2.45, 2.75) is 25.4 Å². The number of aliphatic hydroxyl groups is 1. The summed E-state index contributed by atoms with van der Waals surface area (Å²) in [6, 6.07) is 8.84. The maximum Gasteiger partial charge on any atom is 0.222 e. The van der Waals surface area contributed by atoms with Gasteiger partial charge in [0.05, 0.1) is 12.6 Å². The summed E-state index contributed by atoms with van der Waals surface area (Å²) in [5, 5.41) is 12.0. The summed E-state index contributed by atoms with van der Waals surface area (Å²) >= 11 is 0. The third kappa shape index (κ3) is 4.00. The Balaban J connectivity index is 2.59. The number of aliphatic hydroxyl groups excluding tert-OH is 1. The average Bonchev–Trinajstić information content (AvgIpc) is 2.26. The van der Waals surface area contributed by atoms with Crippen LogP contribution in [-0.2, 0) is 4.79 Å². The van der Waals surface area contributed by atoms with E-state index in [4.69, 9.17) is 5.73 Å². The normalized spacial score (nSPS) is 14.2. The van der Waals surface area contributed by atoms with Gasteiger partial charge in [0.1, 0.15) is 0 Å². The van der Waals surface area contributed by atoms with E-state index < -0.39 is 0 Å². The zero-order valence-corrected chi connectivity index (χ0v) is 9.39. The van der Waals surface area contributed by atoms with E-state index >= 15 is 0 Å². The van der Waals surface area contributed by atoms with E-state index in [0.717, 1.165) is 5.56 Å². The van der Waals surface area contributed by atoms with E-state index in [0.29, 0.717) is 0 Å². The van der Waals surface area contributed by atoms with E-state index in [-0.39, 0.29) is 31.0 Å². The van der Waals surface area contributed by atoms with Crippen LogP contribution in [0.1, 0.15) is 24.9 Å². The molecule has 0 heterocycles. The van der Waals surface area contributed by atoms with Crippen LogP contribution in [0.25, 0.3) is 0 Å². The molecular formula is C12H18N2O2. The van der Waals surface area contributed by atoms with Crippen molar-refractivity contribution in [3.8, 4) is 0 Å². The molecule has 4 N–H and O–H groups in total. The Bertz CT molecular complexity index is 325. The average molecular weight is 222 g/mol. The number of hydrogen-bond donors (Lipinski definition) is 3. The highest BCUT2D eigenvalue weighted by atomic mass is 16.3. The van der Waals surface area contributed by atoms with Gasteiger partial charge in [-0.25, -0.2) is 0 Å². The summed E-state index contributed by atoms with van der Waals surface area (Å²) in [7, 11) is 0. The van der Waals surface area contributed by atoms with Crippen LogP contribution in [0.2, 0.25) is 0 Å². The van der Waals surface area contributed by atoms with Crippen molar-refractivity contribution in [1.82, 2.24) is 5.32 Å². The molecule has 0 aliphatic rings. The zero-order chi connectivity index (χ0) is 12.0. The first-order valence-electron chi connectivity index (χ1n) is 5.34. The maximum absolute atomic E-state index is 11.5. The molecule has 0 aliphatic carbocycles. The Morgan fingerprint density at radius 2 is 2.06 bits per heavy atom. The highest BCUT2D eigenvalue weighted by Crippen LogP contribution is 2.11. The van der Waals surface area contributed by atoms with E-state index in [2.05, 4.69) is 5.32 Å². The lowest BCUT2D eigenvalue weighted by Crippen LogP contribution is -2.34. The molecule has 4 heteroatoms. The minimum Gasteiger partial charge on any atom is -0.394 e. The van der Waals surface area contributed by atoms with Gasteiger partial charge >= 0.3 is 0 Å². The maximum atomic E-state index is 11.5. The van der Waals surface area contributed by atoms with Gasteiger partial charge in [0, 0.05) is 12.5 Å². The van der Waals surface area contributed by atoms with Gasteiger partial charge in [0.25, 0.3) is 0 Å². The second-order valence-electron chi connectivity index (χ2n) is 3.89. The Hall–Kier alpha value is -1.39. The van der Waals surface area contributed by atoms with Crippen LogP contribution in [-0.4, -0.2) is 23.7 Å². The number of hydrogen-bond acceptors (Lipinski definition) is 3. The van der Waals surface area contributed by atoms with E-state index in [1.54, 1.807) is 6.92 Å². The Kier molecular flexibility index (Phi) is 4.95. The molecule has 0 aliphatic heterocycles. The molecule has 0 fully saturated rings. The summed E-state index contributed by atoms with van der Waals surface area (Å²) in [6.45, 7) is 1.66. The number of benzene rings is 1. The van der Waals surface area contributed by atoms with Gasteiger partial charge in [-0.15, -0.1) is 0 Å². The molecule has 2 atom stereocenters. The van der Waals surface area contributed by atoms with Crippen molar-refractivity contribution in [2.24, 2.45) is 5.73 Å². The van der Waals surface area contributed by atoms with Gasteiger partial charge in [-0.2, -0.15) is 0 Å². The standard InChI is InChI=1S/C12H18N2O2/c1-9(13)7-12(16)14-11(8-15)10-5-3-2-4-6-10/h2-6,9,11,15H,7-8,13H2,1H3,(H,14,16)/t9?,11-/m0/s1. The predicted octanol–water partition coefficient (Wildman–Crippen LogP) is 0.573. The van der Waals surface area contributed by atoms with Gasteiger partial charge < -0.3 is 16.2 Å². The molecule has 16 heavy (non-hydrogen) atoms. The second-order valence-corrected chi connectivity index (χ2v) is 3.89. The first-order valence-corrected chi connectivity index (χ1v) is 5.34. The molecule has 0 aromatic heterocycles. The molecule has 0 spiro atoms. The highest BCUT2D eigenvalue weighted by molar-refractivity contribution is 5.77. The van der Waals surface area contributed by atoms with Crippen molar-refractivity contribution in [2.75, 3.05) is 6.61 Å². The molecule has 0 radical (unpaired) electrons. The first-order chi connectivity index (χ1) is 7.63. The first kappa shape index (κ1) is 12.7. The van der Waals surface area contributed by atoms with Crippen LogP contribution < -0.4 is 11.1 Å². The van der Waals surface area contributed by atoms with Crippen molar-refractivity contribution < 1.29 is 9.90 Å². The van der Waals surface area contributed by atoms with Gasteiger partial charge in [-0.3, -0.25) is 4.79 Å². The number of amides is 1. The van der Waals surface area contributed by atoms with Gasteiger partial charge in [0.2, 0.25) is 5.91 Å². The number of carbonyl (C=O) groups excluding carboxylic acids is 1. The van der Waals surface area contributed by atoms with Crippen molar-refractivity contribution in [3.05, 3.63) is 35.9 Å². The lowest BCUT2D eigenvalue weighted by molar-refractivity contribution is -0.122. The molecule has 1 aromatic rings. The number of nitrogens with two attached hydrogens (primary N) is 1. The van der Waals surface area contributed by atoms with E-state index in [1.165, 1.54) is 0 Å². The van der Waals surface area contributed by atoms with Crippen molar-refractivity contribution in [3.63, 3.8) is 0 Å². The van der Waals surface area contributed by atoms with E-state index in [9.17, 15) is 9.90 Å². The van der Waals surface area contributed by atoms with Gasteiger partial charge in [-0.05, 0) is 12.5 Å². The third-order valence-corrected chi connectivity index (χ3v) is 2.23. The summed E-state index contributed by atoms with van der Waals surface area (Å²) in [5.74, 6) is -0.141. The fourth-order valence-electron chi connectivity index (χ4n) is 1.47. The van der Waals surface area contributed by atoms with Crippen molar-refractivity contribution >= 4 is 5.91 Å². The van der Waals surface area contributed by atoms with E-state index in [1.807, 2.05) is 30.3 Å². The summed E-state index contributed by atoms with van der Waals surface area (Å²) in [4.78, 5) is 11.5. The topological polar surface area (TPSA) is 75.4 Å². The van der Waals surface area contributed by atoms with Crippen LogP contribution in [0.3, 0.4) is 0 Å². The number of rotatable bonds is 5. The molecule has 4 nitrogen and oxygen atoms in total. The summed E-state index contributed by atoms with van der Waals surface area (Å²) in [5.41, 5.74) is 6.42. The number of nitrogens with one attached hydrogen (secondary N) is 1. The highest BCUT2D eigenvalue weighted by Gasteiger charge is 2.13. The molecule has 0 bridgehead atoms. The molecule has 0 saturated heterocycles. The van der Waals surface area contributed by atoms with Gasteiger partial charge in [-0.1, -0.05) is 30.3 Å². The quantitative estimate of drug-likeness (QED) is 0.682. The SMILES string of the molecule is CC(N)CC(=O)N[C@@H](CO)c1ccccc1. The molecule has 0 saturated carbocycles. The smallest absolute Gasteiger partial charge is 0.222 e. The zero-order valence-electron chi connectivity index (χ0n) is 9.39. The lowest BCUT2D eigenvalue weighted by Gasteiger charge is -2.17. The molecule has 1 aromatic carbocycles. The molecular weight excluding hydrogens is 204 g/mol. The van der Waals surface area contributed by atoms with Gasteiger partial charge in [0.15, 0.2) is 0 Å². The van der Waals surface area contributed by atoms with Crippen LogP contribution >= 0.6 is 0 Å². The molecule has 1 amide bonds. The fourth-order valence-corrected chi connectivity index (χ4v) is 1.47. The minimum atomic E-state index is -0.354. The minimum absolute atomic E-state index is 0.116. The van der Waals surface area contributed by atoms with Crippen LogP contribution in [0.5, 0.6) is 0 Å². The largest absolute Gasteiger partial charge is 0.394 e. The monoisotopic (exact) mass is 222 g/mol. The Labute approximate surface area is 95.5 Å². The fraction of sp³-hybridized carbons (Fsp3) is 0.417. The predicted molar refractivity (Wildman–Crippen MR) is 62.7 cm³/mol. The van der Waals surface area contributed by atoms with Crippen LogP contribution in [0.15, 0.2) is 30.3 Å². The number of carbonyl (C=O) groups is 1. The third-order valence-electron chi connectivity index (χ3n) is 2.23. The Morgan fingerprint density at radius 3 is 2.56 bits per heavy atom. The lowest BCUT2D eigenvalue weighted by atomic mass is 10.1. The second kappa shape index (κ2) is 6.25. The van der Waals surface area contributed by atoms with Crippen LogP contribution in [0.4, 0.5) is 0 Å². The summed E-state index contributed by atoms with van der Waals surface area (Å²) in [6.07, 6.45) is 0.267. The van der Waals surface area contributed by atoms with Crippen molar-refractivity contribution in [1.29, 1.82) is 0 Å². The van der Waals surface area contributed by atoms with Crippen LogP contribution in [0, 0.1) is 0 Å². The molecule has 1 unspecified atom stereocenters.